The van der Waals surface area contributed by atoms with Gasteiger partial charge in [-0.3, -0.25) is 24.9 Å². The van der Waals surface area contributed by atoms with E-state index in [1.807, 2.05) is 140 Å². The Morgan fingerprint density at radius 3 is 0.633 bits per heavy atom. The summed E-state index contributed by atoms with van der Waals surface area (Å²) in [6.45, 7) is 0. The van der Waals surface area contributed by atoms with Gasteiger partial charge in [-0.1, -0.05) is 152 Å². The van der Waals surface area contributed by atoms with Gasteiger partial charge >= 0.3 is 7.12 Å². The van der Waals surface area contributed by atoms with E-state index in [2.05, 4.69) is 198 Å². The predicted octanol–water partition coefficient (Wildman–Crippen LogP) is 17.8. The van der Waals surface area contributed by atoms with Gasteiger partial charge in [0.2, 0.25) is 0 Å². The molecule has 0 aliphatic carbocycles. The molecule has 0 bridgehead atoms. The van der Waals surface area contributed by atoms with Crippen LogP contribution in [-0.2, 0) is 0 Å². The molecule has 0 saturated carbocycles. The fourth-order valence-corrected chi connectivity index (χ4v) is 10.8. The molecule has 2 N–H and O–H groups in total. The quantitative estimate of drug-likeness (QED) is 0.104. The van der Waals surface area contributed by atoms with Crippen molar-refractivity contribution in [2.75, 3.05) is 0 Å². The molecule has 12 aromatic rings. The molecule has 5 aromatic heterocycles. The number of hydrogen-bond donors (Lipinski definition) is 2. The lowest BCUT2D eigenvalue weighted by Gasteiger charge is -2.19. The number of rotatable bonds is 10. The van der Waals surface area contributed by atoms with Crippen LogP contribution in [0.4, 0.5) is 0 Å². The number of halogens is 4. The van der Waals surface area contributed by atoms with Crippen LogP contribution in [0.3, 0.4) is 0 Å². The minimum absolute atomic E-state index is 0.481. The van der Waals surface area contributed by atoms with Crippen LogP contribution in [0.5, 0.6) is 0 Å². The SMILES string of the molecule is Brc1cc(Br)c(Br)cc1Br.OB(O)c1ccc(-c2ccccn2)cc1.c1ccc(-c2ccc(-c3cc(-c4ccc(-c5ccccn5)cc4)c(-c4ccc(-c5ccccn5)cc4)cc3-c3ccc(-c4ccccn4)cc3)cc2)nc1. The third-order valence-corrected chi connectivity index (χ3v) is 16.6. The highest BCUT2D eigenvalue weighted by atomic mass is 79.9. The van der Waals surface area contributed by atoms with Gasteiger partial charge in [-0.15, -0.1) is 0 Å². The zero-order valence-corrected chi connectivity index (χ0v) is 48.5. The summed E-state index contributed by atoms with van der Waals surface area (Å²) in [6, 6.07) is 80.4. The van der Waals surface area contributed by atoms with Crippen LogP contribution in [0.25, 0.3) is 101 Å². The summed E-state index contributed by atoms with van der Waals surface area (Å²) in [7, 11) is -1.41. The fraction of sp³-hybridized carbons (Fsp3) is 0. The monoisotopic (exact) mass is 1280 g/mol. The van der Waals surface area contributed by atoms with Crippen molar-refractivity contribution >= 4 is 76.3 Å². The average molecular weight is 1280 g/mol. The van der Waals surface area contributed by atoms with E-state index >= 15 is 0 Å². The normalized spacial score (nSPS) is 10.7. The van der Waals surface area contributed by atoms with E-state index in [9.17, 15) is 0 Å². The maximum atomic E-state index is 8.93. The van der Waals surface area contributed by atoms with Gasteiger partial charge in [0.1, 0.15) is 0 Å². The Labute approximate surface area is 493 Å². The molecule has 12 heteroatoms. The second-order valence-electron chi connectivity index (χ2n) is 18.0. The van der Waals surface area contributed by atoms with Crippen LogP contribution in [0.2, 0.25) is 0 Å². The van der Waals surface area contributed by atoms with Crippen molar-refractivity contribution in [3.8, 4) is 101 Å². The minimum Gasteiger partial charge on any atom is -0.423 e. The van der Waals surface area contributed by atoms with E-state index in [0.717, 1.165) is 119 Å². The molecule has 0 amide bonds. The van der Waals surface area contributed by atoms with Crippen molar-refractivity contribution in [2.24, 2.45) is 0 Å². The van der Waals surface area contributed by atoms with E-state index in [4.69, 9.17) is 10.0 Å². The van der Waals surface area contributed by atoms with E-state index in [1.165, 1.54) is 0 Å². The summed E-state index contributed by atoms with van der Waals surface area (Å²) < 4.78 is 4.18. The molecule has 0 aliphatic heterocycles. The van der Waals surface area contributed by atoms with Crippen LogP contribution in [-0.4, -0.2) is 42.1 Å². The van der Waals surface area contributed by atoms with Crippen molar-refractivity contribution in [3.05, 3.63) is 285 Å². The molecule has 0 radical (unpaired) electrons. The largest absolute Gasteiger partial charge is 0.488 e. The van der Waals surface area contributed by atoms with Crippen molar-refractivity contribution in [1.29, 1.82) is 0 Å². The highest BCUT2D eigenvalue weighted by molar-refractivity contribution is 9.14. The summed E-state index contributed by atoms with van der Waals surface area (Å²) in [4.78, 5) is 22.6. The van der Waals surface area contributed by atoms with Gasteiger partial charge in [0.25, 0.3) is 0 Å². The van der Waals surface area contributed by atoms with E-state index < -0.39 is 7.12 Å². The second-order valence-corrected chi connectivity index (χ2v) is 21.4. The summed E-state index contributed by atoms with van der Waals surface area (Å²) in [6.07, 6.45) is 9.07. The molecule has 0 fully saturated rings. The molecule has 5 heterocycles. The third-order valence-electron chi connectivity index (χ3n) is 12.9. The first-order valence-electron chi connectivity index (χ1n) is 25.1. The number of nitrogens with zero attached hydrogens (tertiary/aromatic N) is 5. The number of benzene rings is 7. The third kappa shape index (κ3) is 13.7. The van der Waals surface area contributed by atoms with E-state index in [1.54, 1.807) is 18.3 Å². The molecule has 0 unspecified atom stereocenters. The summed E-state index contributed by atoms with van der Waals surface area (Å²) in [5.41, 5.74) is 19.5. The molecule has 0 saturated heterocycles. The van der Waals surface area contributed by atoms with E-state index in [0.29, 0.717) is 5.46 Å². The lowest BCUT2D eigenvalue weighted by Crippen LogP contribution is -2.29. The summed E-state index contributed by atoms with van der Waals surface area (Å²) >= 11 is 13.5. The lowest BCUT2D eigenvalue weighted by molar-refractivity contribution is 0.426. The van der Waals surface area contributed by atoms with Crippen molar-refractivity contribution in [2.45, 2.75) is 0 Å². The van der Waals surface area contributed by atoms with Crippen LogP contribution in [0.15, 0.2) is 285 Å². The molecule has 12 rings (SSSR count). The Morgan fingerprint density at radius 1 is 0.241 bits per heavy atom. The first-order valence-corrected chi connectivity index (χ1v) is 28.3. The molecule has 0 aliphatic rings. The Balaban J connectivity index is 0.000000230. The van der Waals surface area contributed by atoms with Gasteiger partial charge in [0.15, 0.2) is 0 Å². The van der Waals surface area contributed by atoms with Crippen LogP contribution >= 0.6 is 63.7 Å². The van der Waals surface area contributed by atoms with Crippen molar-refractivity contribution in [1.82, 2.24) is 24.9 Å². The van der Waals surface area contributed by atoms with Gasteiger partial charge in [-0.2, -0.15) is 0 Å². The van der Waals surface area contributed by atoms with E-state index in [-0.39, 0.29) is 0 Å². The summed E-state index contributed by atoms with van der Waals surface area (Å²) in [5.74, 6) is 0. The molecule has 79 heavy (non-hydrogen) atoms. The maximum Gasteiger partial charge on any atom is 0.488 e. The van der Waals surface area contributed by atoms with Crippen LogP contribution < -0.4 is 5.46 Å². The zero-order chi connectivity index (χ0) is 54.5. The predicted molar refractivity (Wildman–Crippen MR) is 338 cm³/mol. The number of pyridine rings is 5. The van der Waals surface area contributed by atoms with Gasteiger partial charge in [0, 0.05) is 76.7 Å². The van der Waals surface area contributed by atoms with Gasteiger partial charge in [-0.25, -0.2) is 0 Å². The van der Waals surface area contributed by atoms with Crippen LogP contribution in [0, 0.1) is 0 Å². The average Bonchev–Trinajstić information content (AvgIpc) is 3.61. The first-order chi connectivity index (χ1) is 38.6. The Bertz CT molecular complexity index is 3480. The molecule has 382 valence electrons. The number of aromatic nitrogens is 5. The van der Waals surface area contributed by atoms with Gasteiger partial charge in [0.05, 0.1) is 28.5 Å². The first kappa shape index (κ1) is 54.5. The standard InChI is InChI=1S/C50H34N4.C11H10BNO2.C6H2Br4/c1-5-29-51-47(9-1)39-21-13-35(14-22-39)43-33-45(37-17-25-41(26-18-37)49-11-3-7-31-53-49)46(38-19-27-42(28-20-38)50-12-4-8-32-54-50)34-44(43)36-15-23-40(24-16-36)48-10-2-6-30-52-48;14-12(15)10-6-4-9(5-7-10)11-3-1-2-8-13-11;7-3-1-4(8)6(10)2-5(3)9/h1-34H;1-8,14-15H;1-2H. The molecule has 7 aromatic carbocycles. The van der Waals surface area contributed by atoms with Gasteiger partial charge in [-0.05, 0) is 199 Å². The van der Waals surface area contributed by atoms with Crippen molar-refractivity contribution in [3.63, 3.8) is 0 Å². The molecular formula is C67H46BBr4N5O2. The van der Waals surface area contributed by atoms with Crippen LogP contribution in [0.1, 0.15) is 0 Å². The lowest BCUT2D eigenvalue weighted by atomic mass is 9.80. The summed E-state index contributed by atoms with van der Waals surface area (Å²) in [5, 5.41) is 17.9. The Hall–Kier alpha value is -7.81. The molecule has 7 nitrogen and oxygen atoms in total. The molecule has 0 spiro atoms. The number of hydrogen-bond acceptors (Lipinski definition) is 7. The van der Waals surface area contributed by atoms with Crippen molar-refractivity contribution < 1.29 is 10.0 Å². The highest BCUT2D eigenvalue weighted by Gasteiger charge is 2.18. The smallest absolute Gasteiger partial charge is 0.423 e. The molecular weight excluding hydrogens is 1240 g/mol. The minimum atomic E-state index is -1.41. The molecule has 0 atom stereocenters. The maximum absolute atomic E-state index is 8.93. The highest BCUT2D eigenvalue weighted by Crippen LogP contribution is 2.44. The van der Waals surface area contributed by atoms with Gasteiger partial charge < -0.3 is 10.0 Å². The Kier molecular flexibility index (Phi) is 18.1. The zero-order valence-electron chi connectivity index (χ0n) is 42.1. The Morgan fingerprint density at radius 2 is 0.443 bits per heavy atom. The fourth-order valence-electron chi connectivity index (χ4n) is 8.83. The second kappa shape index (κ2) is 26.2. The topological polar surface area (TPSA) is 105 Å².